The van der Waals surface area contributed by atoms with Crippen LogP contribution < -0.4 is 5.32 Å². The van der Waals surface area contributed by atoms with Gasteiger partial charge in [0.05, 0.1) is 5.92 Å². The molecule has 0 saturated heterocycles. The van der Waals surface area contributed by atoms with E-state index in [-0.39, 0.29) is 5.92 Å². The van der Waals surface area contributed by atoms with E-state index >= 15 is 0 Å². The van der Waals surface area contributed by atoms with Gasteiger partial charge in [0, 0.05) is 12.2 Å². The summed E-state index contributed by atoms with van der Waals surface area (Å²) in [5.41, 5.74) is 2.40. The molecule has 4 heteroatoms. The third-order valence-electron chi connectivity index (χ3n) is 2.51. The van der Waals surface area contributed by atoms with E-state index in [1.165, 1.54) is 11.9 Å². The standard InChI is InChI=1S/C10H9N3O/c1-2-4-9-7(3-1)8(5-11-9)10-12-6-13-14-10/h1-4,6,8,11H,5H2. The van der Waals surface area contributed by atoms with Crippen molar-refractivity contribution in [2.24, 2.45) is 0 Å². The van der Waals surface area contributed by atoms with Gasteiger partial charge in [0.1, 0.15) is 0 Å². The van der Waals surface area contributed by atoms with Gasteiger partial charge in [-0.3, -0.25) is 0 Å². The number of rotatable bonds is 1. The third kappa shape index (κ3) is 1.00. The Bertz CT molecular complexity index is 438. The molecule has 1 aromatic heterocycles. The smallest absolute Gasteiger partial charge is 0.235 e. The Morgan fingerprint density at radius 2 is 2.29 bits per heavy atom. The summed E-state index contributed by atoms with van der Waals surface area (Å²) in [6, 6.07) is 8.19. The van der Waals surface area contributed by atoms with Gasteiger partial charge in [-0.1, -0.05) is 23.4 Å². The molecule has 1 N–H and O–H groups in total. The average Bonchev–Trinajstić information content (AvgIpc) is 2.85. The predicted molar refractivity (Wildman–Crippen MR) is 51.1 cm³/mol. The van der Waals surface area contributed by atoms with E-state index in [1.807, 2.05) is 12.1 Å². The summed E-state index contributed by atoms with van der Waals surface area (Å²) < 4.78 is 5.07. The van der Waals surface area contributed by atoms with Gasteiger partial charge in [-0.05, 0) is 11.6 Å². The lowest BCUT2D eigenvalue weighted by Gasteiger charge is -2.02. The second-order valence-corrected chi connectivity index (χ2v) is 3.30. The first kappa shape index (κ1) is 7.55. The van der Waals surface area contributed by atoms with Crippen molar-refractivity contribution in [1.82, 2.24) is 10.1 Å². The number of aromatic nitrogens is 2. The lowest BCUT2D eigenvalue weighted by atomic mass is 10.0. The zero-order chi connectivity index (χ0) is 9.38. The molecule has 0 saturated carbocycles. The van der Waals surface area contributed by atoms with Gasteiger partial charge in [0.2, 0.25) is 5.89 Å². The van der Waals surface area contributed by atoms with Crippen LogP contribution >= 0.6 is 0 Å². The minimum atomic E-state index is 0.202. The van der Waals surface area contributed by atoms with Gasteiger partial charge in [-0.25, -0.2) is 0 Å². The van der Waals surface area contributed by atoms with Crippen LogP contribution in [0.3, 0.4) is 0 Å². The molecular formula is C10H9N3O. The maximum absolute atomic E-state index is 5.07. The van der Waals surface area contributed by atoms with Crippen molar-refractivity contribution in [2.75, 3.05) is 11.9 Å². The molecule has 0 aliphatic carbocycles. The fourth-order valence-electron chi connectivity index (χ4n) is 1.84. The van der Waals surface area contributed by atoms with Crippen LogP contribution in [0.1, 0.15) is 17.4 Å². The summed E-state index contributed by atoms with van der Waals surface area (Å²) in [5.74, 6) is 0.885. The minimum Gasteiger partial charge on any atom is -0.384 e. The number of benzene rings is 1. The predicted octanol–water partition coefficient (Wildman–Crippen LogP) is 1.63. The van der Waals surface area contributed by atoms with Crippen molar-refractivity contribution < 1.29 is 4.52 Å². The number of hydrogen-bond acceptors (Lipinski definition) is 4. The maximum atomic E-state index is 5.07. The summed E-state index contributed by atoms with van der Waals surface area (Å²) in [7, 11) is 0. The second kappa shape index (κ2) is 2.83. The van der Waals surface area contributed by atoms with Crippen LogP contribution in [0.5, 0.6) is 0 Å². The van der Waals surface area contributed by atoms with Gasteiger partial charge < -0.3 is 9.84 Å². The molecule has 1 atom stereocenters. The zero-order valence-corrected chi connectivity index (χ0v) is 7.47. The summed E-state index contributed by atoms with van der Waals surface area (Å²) in [4.78, 5) is 4.08. The Kier molecular flexibility index (Phi) is 1.53. The quantitative estimate of drug-likeness (QED) is 0.737. The zero-order valence-electron chi connectivity index (χ0n) is 7.47. The SMILES string of the molecule is c1ccc2c(c1)NCC2c1ncno1. The molecule has 1 aromatic carbocycles. The van der Waals surface area contributed by atoms with Gasteiger partial charge in [-0.15, -0.1) is 0 Å². The highest BCUT2D eigenvalue weighted by molar-refractivity contribution is 5.59. The van der Waals surface area contributed by atoms with Crippen LogP contribution in [0.15, 0.2) is 35.1 Å². The summed E-state index contributed by atoms with van der Waals surface area (Å²) in [6.07, 6.45) is 1.44. The van der Waals surface area contributed by atoms with Gasteiger partial charge in [0.15, 0.2) is 6.33 Å². The van der Waals surface area contributed by atoms with Crippen LogP contribution in [0.25, 0.3) is 0 Å². The van der Waals surface area contributed by atoms with Gasteiger partial charge >= 0.3 is 0 Å². The molecule has 0 bridgehead atoms. The molecule has 0 spiro atoms. The monoisotopic (exact) mass is 187 g/mol. The van der Waals surface area contributed by atoms with E-state index in [2.05, 4.69) is 27.6 Å². The highest BCUT2D eigenvalue weighted by atomic mass is 16.5. The van der Waals surface area contributed by atoms with Crippen molar-refractivity contribution in [3.05, 3.63) is 42.0 Å². The Morgan fingerprint density at radius 3 is 3.14 bits per heavy atom. The van der Waals surface area contributed by atoms with E-state index in [0.717, 1.165) is 12.2 Å². The summed E-state index contributed by atoms with van der Waals surface area (Å²) in [5, 5.41) is 6.94. The van der Waals surface area contributed by atoms with E-state index in [0.29, 0.717) is 5.89 Å². The number of nitrogens with zero attached hydrogens (tertiary/aromatic N) is 2. The number of anilines is 1. The van der Waals surface area contributed by atoms with Crippen molar-refractivity contribution >= 4 is 5.69 Å². The van der Waals surface area contributed by atoms with Gasteiger partial charge in [-0.2, -0.15) is 4.98 Å². The Labute approximate surface area is 80.9 Å². The largest absolute Gasteiger partial charge is 0.384 e. The molecule has 70 valence electrons. The maximum Gasteiger partial charge on any atom is 0.235 e. The molecule has 1 aliphatic heterocycles. The van der Waals surface area contributed by atoms with E-state index in [4.69, 9.17) is 4.52 Å². The first-order chi connectivity index (χ1) is 6.95. The molecule has 0 fully saturated rings. The van der Waals surface area contributed by atoms with Gasteiger partial charge in [0.25, 0.3) is 0 Å². The first-order valence-electron chi connectivity index (χ1n) is 4.54. The lowest BCUT2D eigenvalue weighted by Crippen LogP contribution is -2.03. The lowest BCUT2D eigenvalue weighted by molar-refractivity contribution is 0.369. The fourth-order valence-corrected chi connectivity index (χ4v) is 1.84. The molecule has 1 aliphatic rings. The average molecular weight is 187 g/mol. The summed E-state index contributed by atoms with van der Waals surface area (Å²) in [6.45, 7) is 0.835. The molecule has 2 aromatic rings. The topological polar surface area (TPSA) is 51.0 Å². The number of para-hydroxylation sites is 1. The highest BCUT2D eigenvalue weighted by Crippen LogP contribution is 2.34. The number of nitrogens with one attached hydrogen (secondary N) is 1. The normalized spacial score (nSPS) is 19.0. The Hall–Kier alpha value is -1.84. The third-order valence-corrected chi connectivity index (χ3v) is 2.51. The Morgan fingerprint density at radius 1 is 1.36 bits per heavy atom. The molecule has 14 heavy (non-hydrogen) atoms. The van der Waals surface area contributed by atoms with Crippen LogP contribution in [0.4, 0.5) is 5.69 Å². The van der Waals surface area contributed by atoms with Crippen LogP contribution in [-0.2, 0) is 0 Å². The minimum absolute atomic E-state index is 0.202. The molecule has 2 heterocycles. The van der Waals surface area contributed by atoms with E-state index in [9.17, 15) is 0 Å². The van der Waals surface area contributed by atoms with Crippen LogP contribution in [0.2, 0.25) is 0 Å². The molecule has 0 radical (unpaired) electrons. The van der Waals surface area contributed by atoms with E-state index in [1.54, 1.807) is 0 Å². The Balaban J connectivity index is 2.06. The first-order valence-corrected chi connectivity index (χ1v) is 4.54. The molecular weight excluding hydrogens is 178 g/mol. The fraction of sp³-hybridized carbons (Fsp3) is 0.200. The highest BCUT2D eigenvalue weighted by Gasteiger charge is 2.26. The number of hydrogen-bond donors (Lipinski definition) is 1. The van der Waals surface area contributed by atoms with Crippen molar-refractivity contribution in [2.45, 2.75) is 5.92 Å². The van der Waals surface area contributed by atoms with E-state index < -0.39 is 0 Å². The second-order valence-electron chi connectivity index (χ2n) is 3.30. The molecule has 1 unspecified atom stereocenters. The number of fused-ring (bicyclic) bond motifs is 1. The van der Waals surface area contributed by atoms with Crippen molar-refractivity contribution in [3.8, 4) is 0 Å². The summed E-state index contributed by atoms with van der Waals surface area (Å²) >= 11 is 0. The molecule has 0 amide bonds. The van der Waals surface area contributed by atoms with Crippen LogP contribution in [-0.4, -0.2) is 16.7 Å². The molecule has 3 rings (SSSR count). The van der Waals surface area contributed by atoms with Crippen LogP contribution in [0, 0.1) is 0 Å². The van der Waals surface area contributed by atoms with Crippen molar-refractivity contribution in [1.29, 1.82) is 0 Å². The van der Waals surface area contributed by atoms with Crippen molar-refractivity contribution in [3.63, 3.8) is 0 Å². The molecule has 4 nitrogen and oxygen atoms in total.